The summed E-state index contributed by atoms with van der Waals surface area (Å²) in [4.78, 5) is 27.6. The molecule has 3 N–H and O–H groups in total. The van der Waals surface area contributed by atoms with E-state index < -0.39 is 5.91 Å². The minimum atomic E-state index is -0.565. The van der Waals surface area contributed by atoms with Crippen LogP contribution in [-0.4, -0.2) is 30.5 Å². The summed E-state index contributed by atoms with van der Waals surface area (Å²) >= 11 is 1.38. The average Bonchev–Trinajstić information content (AvgIpc) is 3.07. The van der Waals surface area contributed by atoms with Gasteiger partial charge in [0, 0.05) is 6.54 Å². The Labute approximate surface area is 143 Å². The fourth-order valence-corrected chi connectivity index (χ4v) is 2.71. The predicted octanol–water partition coefficient (Wildman–Crippen LogP) is 1.51. The maximum atomic E-state index is 12.1. The van der Waals surface area contributed by atoms with Gasteiger partial charge in [0.2, 0.25) is 0 Å². The van der Waals surface area contributed by atoms with E-state index in [1.54, 1.807) is 24.4 Å². The van der Waals surface area contributed by atoms with Crippen molar-refractivity contribution in [2.75, 3.05) is 13.7 Å². The van der Waals surface area contributed by atoms with E-state index in [9.17, 15) is 9.59 Å². The molecule has 0 atom stereocenters. The molecule has 0 saturated carbocycles. The van der Waals surface area contributed by atoms with Crippen LogP contribution in [0.5, 0.6) is 11.5 Å². The van der Waals surface area contributed by atoms with E-state index in [1.165, 1.54) is 18.4 Å². The second-order valence-electron chi connectivity index (χ2n) is 4.89. The lowest BCUT2D eigenvalue weighted by molar-refractivity contribution is -0.119. The smallest absolute Gasteiger partial charge is 0.263 e. The molecule has 1 heterocycles. The molecule has 24 heavy (non-hydrogen) atoms. The van der Waals surface area contributed by atoms with Gasteiger partial charge >= 0.3 is 0 Å². The van der Waals surface area contributed by atoms with Crippen LogP contribution in [0.3, 0.4) is 0 Å². The van der Waals surface area contributed by atoms with Crippen LogP contribution in [0.25, 0.3) is 0 Å². The predicted molar refractivity (Wildman–Crippen MR) is 90.3 cm³/mol. The molecule has 128 valence electrons. The fourth-order valence-electron chi connectivity index (χ4n) is 1.94. The second-order valence-corrected chi connectivity index (χ2v) is 6.01. The van der Waals surface area contributed by atoms with Gasteiger partial charge in [-0.05, 0) is 24.1 Å². The molecule has 0 saturated heterocycles. The molecular weight excluding hydrogens is 330 g/mol. The number of hydrogen-bond donors (Lipinski definition) is 2. The van der Waals surface area contributed by atoms with Crippen molar-refractivity contribution in [1.82, 2.24) is 10.3 Å². The summed E-state index contributed by atoms with van der Waals surface area (Å²) in [5.74, 6) is 0.153. The Morgan fingerprint density at radius 2 is 2.12 bits per heavy atom. The first kappa shape index (κ1) is 17.7. The van der Waals surface area contributed by atoms with Gasteiger partial charge < -0.3 is 20.5 Å². The van der Waals surface area contributed by atoms with Gasteiger partial charge in [-0.3, -0.25) is 9.59 Å². The molecule has 2 amide bonds. The number of methoxy groups -OCH3 is 1. The zero-order valence-electron chi connectivity index (χ0n) is 13.5. The minimum Gasteiger partial charge on any atom is -0.493 e. The number of rotatable bonds is 8. The van der Waals surface area contributed by atoms with Crippen LogP contribution in [0.1, 0.15) is 27.2 Å². The van der Waals surface area contributed by atoms with E-state index in [0.29, 0.717) is 22.9 Å². The van der Waals surface area contributed by atoms with Gasteiger partial charge in [-0.15, -0.1) is 11.3 Å². The van der Waals surface area contributed by atoms with E-state index in [1.807, 2.05) is 6.92 Å². The number of thiazole rings is 1. The standard InChI is InChI=1S/C16H19N3O4S/c1-3-15-18-8-13(24-15)16(21)19-7-10-4-5-11(12(6-10)22-2)23-9-14(17)20/h4-6,8H,3,7,9H2,1-2H3,(H2,17,20)(H,19,21). The van der Waals surface area contributed by atoms with Gasteiger partial charge in [0.25, 0.3) is 11.8 Å². The van der Waals surface area contributed by atoms with Crippen LogP contribution >= 0.6 is 11.3 Å². The lowest BCUT2D eigenvalue weighted by Crippen LogP contribution is -2.22. The van der Waals surface area contributed by atoms with E-state index in [4.69, 9.17) is 15.2 Å². The molecule has 2 aromatic rings. The van der Waals surface area contributed by atoms with Crippen molar-refractivity contribution < 1.29 is 19.1 Å². The van der Waals surface area contributed by atoms with Crippen molar-refractivity contribution in [3.8, 4) is 11.5 Å². The normalized spacial score (nSPS) is 10.2. The van der Waals surface area contributed by atoms with Crippen LogP contribution in [0.4, 0.5) is 0 Å². The zero-order valence-corrected chi connectivity index (χ0v) is 14.3. The van der Waals surface area contributed by atoms with Gasteiger partial charge in [0.1, 0.15) is 4.88 Å². The first-order valence-corrected chi connectivity index (χ1v) is 8.16. The molecule has 0 bridgehead atoms. The topological polar surface area (TPSA) is 104 Å². The largest absolute Gasteiger partial charge is 0.493 e. The maximum Gasteiger partial charge on any atom is 0.263 e. The quantitative estimate of drug-likeness (QED) is 0.752. The summed E-state index contributed by atoms with van der Waals surface area (Å²) < 4.78 is 10.5. The van der Waals surface area contributed by atoms with Crippen LogP contribution in [-0.2, 0) is 17.8 Å². The molecule has 7 nitrogen and oxygen atoms in total. The minimum absolute atomic E-state index is 0.166. The molecule has 0 spiro atoms. The van der Waals surface area contributed by atoms with Crippen molar-refractivity contribution in [2.45, 2.75) is 19.9 Å². The molecule has 0 aliphatic heterocycles. The summed E-state index contributed by atoms with van der Waals surface area (Å²) in [6.07, 6.45) is 2.39. The van der Waals surface area contributed by atoms with Gasteiger partial charge in [-0.25, -0.2) is 4.98 Å². The van der Waals surface area contributed by atoms with Crippen LogP contribution in [0, 0.1) is 0 Å². The van der Waals surface area contributed by atoms with Crippen molar-refractivity contribution in [3.63, 3.8) is 0 Å². The average molecular weight is 349 g/mol. The Morgan fingerprint density at radius 3 is 2.75 bits per heavy atom. The summed E-state index contributed by atoms with van der Waals surface area (Å²) in [5.41, 5.74) is 5.89. The summed E-state index contributed by atoms with van der Waals surface area (Å²) in [6, 6.07) is 5.19. The van der Waals surface area contributed by atoms with E-state index in [-0.39, 0.29) is 12.5 Å². The number of hydrogen-bond acceptors (Lipinski definition) is 6. The highest BCUT2D eigenvalue weighted by molar-refractivity contribution is 7.13. The highest BCUT2D eigenvalue weighted by Gasteiger charge is 2.11. The Kier molecular flexibility index (Phi) is 6.14. The Morgan fingerprint density at radius 1 is 1.33 bits per heavy atom. The number of aryl methyl sites for hydroxylation is 1. The molecule has 0 aliphatic carbocycles. The molecule has 0 aliphatic rings. The van der Waals surface area contributed by atoms with Crippen LogP contribution in [0.15, 0.2) is 24.4 Å². The molecular formula is C16H19N3O4S. The lowest BCUT2D eigenvalue weighted by Gasteiger charge is -2.11. The third-order valence-electron chi connectivity index (χ3n) is 3.13. The molecule has 0 unspecified atom stereocenters. The SMILES string of the molecule is CCc1ncc(C(=O)NCc2ccc(OCC(N)=O)c(OC)c2)s1. The highest BCUT2D eigenvalue weighted by atomic mass is 32.1. The van der Waals surface area contributed by atoms with Gasteiger partial charge in [-0.2, -0.15) is 0 Å². The van der Waals surface area contributed by atoms with Crippen LogP contribution < -0.4 is 20.5 Å². The van der Waals surface area contributed by atoms with Gasteiger partial charge in [0.15, 0.2) is 18.1 Å². The fraction of sp³-hybridized carbons (Fsp3) is 0.312. The van der Waals surface area contributed by atoms with E-state index in [2.05, 4.69) is 10.3 Å². The number of nitrogens with one attached hydrogen (secondary N) is 1. The molecule has 0 radical (unpaired) electrons. The first-order chi connectivity index (χ1) is 11.5. The summed E-state index contributed by atoms with van der Waals surface area (Å²) in [7, 11) is 1.50. The molecule has 0 fully saturated rings. The number of carbonyl (C=O) groups excluding carboxylic acids is 2. The lowest BCUT2D eigenvalue weighted by atomic mass is 10.2. The van der Waals surface area contributed by atoms with E-state index in [0.717, 1.165) is 17.0 Å². The van der Waals surface area contributed by atoms with E-state index >= 15 is 0 Å². The molecule has 8 heteroatoms. The number of nitrogens with zero attached hydrogens (tertiary/aromatic N) is 1. The first-order valence-electron chi connectivity index (χ1n) is 7.34. The van der Waals surface area contributed by atoms with Gasteiger partial charge in [-0.1, -0.05) is 13.0 Å². The molecule has 1 aromatic heterocycles. The number of nitrogens with two attached hydrogens (primary N) is 1. The Balaban J connectivity index is 1.99. The Hall–Kier alpha value is -2.61. The Bertz CT molecular complexity index is 730. The third-order valence-corrected chi connectivity index (χ3v) is 4.27. The van der Waals surface area contributed by atoms with Crippen LogP contribution in [0.2, 0.25) is 0 Å². The number of aromatic nitrogens is 1. The molecule has 2 rings (SSSR count). The number of primary amides is 1. The monoisotopic (exact) mass is 349 g/mol. The van der Waals surface area contributed by atoms with Crippen molar-refractivity contribution in [3.05, 3.63) is 39.8 Å². The highest BCUT2D eigenvalue weighted by Crippen LogP contribution is 2.28. The van der Waals surface area contributed by atoms with Crippen molar-refractivity contribution in [2.24, 2.45) is 5.73 Å². The number of benzene rings is 1. The summed E-state index contributed by atoms with van der Waals surface area (Å²) in [6.45, 7) is 2.11. The number of amides is 2. The van der Waals surface area contributed by atoms with Gasteiger partial charge in [0.05, 0.1) is 18.3 Å². The van der Waals surface area contributed by atoms with Crippen molar-refractivity contribution >= 4 is 23.2 Å². The second kappa shape index (κ2) is 8.30. The zero-order chi connectivity index (χ0) is 17.5. The third kappa shape index (κ3) is 4.69. The number of ether oxygens (including phenoxy) is 2. The molecule has 1 aromatic carbocycles. The van der Waals surface area contributed by atoms with Crippen molar-refractivity contribution in [1.29, 1.82) is 0 Å². The maximum absolute atomic E-state index is 12.1. The number of carbonyl (C=O) groups is 2. The summed E-state index contributed by atoms with van der Waals surface area (Å²) in [5, 5.41) is 3.76.